The van der Waals surface area contributed by atoms with Crippen molar-refractivity contribution in [3.8, 4) is 0 Å². The minimum Gasteiger partial charge on any atom is -0.326 e. The van der Waals surface area contributed by atoms with E-state index >= 15 is 0 Å². The lowest BCUT2D eigenvalue weighted by Gasteiger charge is -1.95. The molecule has 0 bridgehead atoms. The molecule has 1 heterocycles. The molecule has 0 amide bonds. The Bertz CT molecular complexity index is 94.4. The molecule has 0 aromatic heterocycles. The maximum Gasteiger partial charge on any atom is 0.136 e. The number of aldehydes is 1. The van der Waals surface area contributed by atoms with E-state index in [0.717, 1.165) is 19.3 Å². The molecule has 0 radical (unpaired) electrons. The first-order valence-electron chi connectivity index (χ1n) is 2.77. The Morgan fingerprint density at radius 3 is 2.75 bits per heavy atom. The minimum atomic E-state index is 0.0185. The predicted molar refractivity (Wildman–Crippen MR) is 30.4 cm³/mol. The highest BCUT2D eigenvalue weighted by Gasteiger charge is 2.19. The molecule has 1 unspecified atom stereocenters. The molecule has 0 spiro atoms. The molecule has 1 rings (SSSR count). The Kier molecular flexibility index (Phi) is 1.60. The summed E-state index contributed by atoms with van der Waals surface area (Å²) in [6.07, 6.45) is 1.70. The molecule has 3 heteroatoms. The fourth-order valence-electron chi connectivity index (χ4n) is 0.899. The average molecular weight is 114 g/mol. The fourth-order valence-corrected chi connectivity index (χ4v) is 0.899. The number of hydrogen-bond acceptors (Lipinski definition) is 3. The van der Waals surface area contributed by atoms with Crippen molar-refractivity contribution in [2.45, 2.75) is 18.5 Å². The van der Waals surface area contributed by atoms with Gasteiger partial charge in [-0.05, 0) is 6.42 Å². The van der Waals surface area contributed by atoms with Gasteiger partial charge in [-0.2, -0.15) is 0 Å². The predicted octanol–water partition coefficient (Wildman–Crippen LogP) is -1.13. The van der Waals surface area contributed by atoms with Gasteiger partial charge in [0.15, 0.2) is 0 Å². The van der Waals surface area contributed by atoms with Gasteiger partial charge in [-0.1, -0.05) is 0 Å². The van der Waals surface area contributed by atoms with Gasteiger partial charge in [0.2, 0.25) is 0 Å². The maximum atomic E-state index is 10.0. The van der Waals surface area contributed by atoms with Crippen LogP contribution in [0.2, 0.25) is 0 Å². The SMILES string of the molecule is NC1CN[C@H](C=O)C1. The van der Waals surface area contributed by atoms with Crippen molar-refractivity contribution < 1.29 is 4.79 Å². The largest absolute Gasteiger partial charge is 0.326 e. The van der Waals surface area contributed by atoms with Gasteiger partial charge < -0.3 is 15.8 Å². The second-order valence-corrected chi connectivity index (χ2v) is 2.15. The zero-order valence-electron chi connectivity index (χ0n) is 4.63. The fraction of sp³-hybridized carbons (Fsp3) is 0.800. The van der Waals surface area contributed by atoms with Crippen LogP contribution in [0.3, 0.4) is 0 Å². The topological polar surface area (TPSA) is 55.1 Å². The van der Waals surface area contributed by atoms with Crippen molar-refractivity contribution in [2.75, 3.05) is 6.54 Å². The summed E-state index contributed by atoms with van der Waals surface area (Å²) in [6.45, 7) is 0.781. The van der Waals surface area contributed by atoms with Gasteiger partial charge in [-0.15, -0.1) is 0 Å². The summed E-state index contributed by atoms with van der Waals surface area (Å²) in [5, 5.41) is 2.96. The number of nitrogens with two attached hydrogens (primary N) is 1. The van der Waals surface area contributed by atoms with Crippen molar-refractivity contribution in [3.63, 3.8) is 0 Å². The van der Waals surface area contributed by atoms with Gasteiger partial charge in [0.25, 0.3) is 0 Å². The normalized spacial score (nSPS) is 37.6. The van der Waals surface area contributed by atoms with E-state index in [0.29, 0.717) is 0 Å². The molecule has 1 aliphatic heterocycles. The molecule has 0 aromatic carbocycles. The summed E-state index contributed by atoms with van der Waals surface area (Å²) in [5.41, 5.74) is 5.48. The van der Waals surface area contributed by atoms with Crippen LogP contribution in [0, 0.1) is 0 Å². The summed E-state index contributed by atoms with van der Waals surface area (Å²) >= 11 is 0. The van der Waals surface area contributed by atoms with Crippen LogP contribution in [0.15, 0.2) is 0 Å². The van der Waals surface area contributed by atoms with Crippen LogP contribution in [-0.4, -0.2) is 24.9 Å². The molecule has 0 aliphatic carbocycles. The molecule has 3 nitrogen and oxygen atoms in total. The van der Waals surface area contributed by atoms with E-state index in [9.17, 15) is 4.79 Å². The molecular weight excluding hydrogens is 104 g/mol. The molecule has 2 atom stereocenters. The van der Waals surface area contributed by atoms with E-state index in [4.69, 9.17) is 5.73 Å². The van der Waals surface area contributed by atoms with Crippen molar-refractivity contribution in [3.05, 3.63) is 0 Å². The lowest BCUT2D eigenvalue weighted by atomic mass is 10.2. The van der Waals surface area contributed by atoms with Crippen LogP contribution in [-0.2, 0) is 4.79 Å². The number of rotatable bonds is 1. The first-order chi connectivity index (χ1) is 3.83. The van der Waals surface area contributed by atoms with Crippen LogP contribution >= 0.6 is 0 Å². The van der Waals surface area contributed by atoms with E-state index in [-0.39, 0.29) is 12.1 Å². The van der Waals surface area contributed by atoms with E-state index in [1.54, 1.807) is 0 Å². The number of nitrogens with one attached hydrogen (secondary N) is 1. The van der Waals surface area contributed by atoms with Gasteiger partial charge >= 0.3 is 0 Å². The maximum absolute atomic E-state index is 10.0. The molecular formula is C5H10N2O. The first kappa shape index (κ1) is 5.72. The monoisotopic (exact) mass is 114 g/mol. The molecule has 3 N–H and O–H groups in total. The standard InChI is InChI=1S/C5H10N2O/c6-4-1-5(3-8)7-2-4/h3-5,7H,1-2,6H2/t4?,5-/m0/s1. The summed E-state index contributed by atoms with van der Waals surface area (Å²) in [5.74, 6) is 0. The highest BCUT2D eigenvalue weighted by Crippen LogP contribution is 1.99. The third-order valence-corrected chi connectivity index (χ3v) is 1.36. The summed E-state index contributed by atoms with van der Waals surface area (Å²) < 4.78 is 0. The number of carbonyl (C=O) groups excluding carboxylic acids is 1. The molecule has 1 fully saturated rings. The second kappa shape index (κ2) is 2.24. The van der Waals surface area contributed by atoms with E-state index in [1.165, 1.54) is 0 Å². The van der Waals surface area contributed by atoms with Crippen LogP contribution < -0.4 is 11.1 Å². The molecule has 0 saturated carbocycles. The Morgan fingerprint density at radius 2 is 2.50 bits per heavy atom. The Labute approximate surface area is 48.2 Å². The van der Waals surface area contributed by atoms with Crippen LogP contribution in [0.4, 0.5) is 0 Å². The lowest BCUT2D eigenvalue weighted by molar-refractivity contribution is -0.109. The quantitative estimate of drug-likeness (QED) is 0.424. The molecule has 8 heavy (non-hydrogen) atoms. The van der Waals surface area contributed by atoms with Gasteiger partial charge in [-0.25, -0.2) is 0 Å². The van der Waals surface area contributed by atoms with Gasteiger partial charge in [-0.3, -0.25) is 0 Å². The molecule has 0 aromatic rings. The van der Waals surface area contributed by atoms with Crippen LogP contribution in [0.1, 0.15) is 6.42 Å². The smallest absolute Gasteiger partial charge is 0.136 e. The highest BCUT2D eigenvalue weighted by molar-refractivity contribution is 5.58. The number of carbonyl (C=O) groups is 1. The van der Waals surface area contributed by atoms with Gasteiger partial charge in [0, 0.05) is 12.6 Å². The third-order valence-electron chi connectivity index (χ3n) is 1.36. The summed E-state index contributed by atoms with van der Waals surface area (Å²) in [4.78, 5) is 10.0. The Morgan fingerprint density at radius 1 is 1.75 bits per heavy atom. The zero-order valence-corrected chi connectivity index (χ0v) is 4.63. The summed E-state index contributed by atoms with van der Waals surface area (Å²) in [7, 11) is 0. The van der Waals surface area contributed by atoms with Crippen LogP contribution in [0.25, 0.3) is 0 Å². The summed E-state index contributed by atoms with van der Waals surface area (Å²) in [6, 6.07) is 0.204. The van der Waals surface area contributed by atoms with Gasteiger partial charge in [0.05, 0.1) is 6.04 Å². The zero-order chi connectivity index (χ0) is 5.98. The van der Waals surface area contributed by atoms with E-state index < -0.39 is 0 Å². The van der Waals surface area contributed by atoms with Crippen molar-refractivity contribution in [2.24, 2.45) is 5.73 Å². The van der Waals surface area contributed by atoms with E-state index in [1.807, 2.05) is 0 Å². The molecule has 1 aliphatic rings. The van der Waals surface area contributed by atoms with Gasteiger partial charge in [0.1, 0.15) is 6.29 Å². The van der Waals surface area contributed by atoms with Crippen molar-refractivity contribution in [1.82, 2.24) is 5.32 Å². The Hall–Kier alpha value is -0.410. The van der Waals surface area contributed by atoms with Crippen molar-refractivity contribution in [1.29, 1.82) is 0 Å². The van der Waals surface area contributed by atoms with Crippen LogP contribution in [0.5, 0.6) is 0 Å². The second-order valence-electron chi connectivity index (χ2n) is 2.15. The molecule has 1 saturated heterocycles. The third kappa shape index (κ3) is 1.05. The number of hydrogen-bond donors (Lipinski definition) is 2. The lowest BCUT2D eigenvalue weighted by Crippen LogP contribution is -2.23. The van der Waals surface area contributed by atoms with Crippen molar-refractivity contribution >= 4 is 6.29 Å². The minimum absolute atomic E-state index is 0.0185. The average Bonchev–Trinajstić information content (AvgIpc) is 2.14. The van der Waals surface area contributed by atoms with E-state index in [2.05, 4.69) is 5.32 Å². The Balaban J connectivity index is 2.32. The highest BCUT2D eigenvalue weighted by atomic mass is 16.1. The molecule has 46 valence electrons. The first-order valence-corrected chi connectivity index (χ1v) is 2.77.